The zero-order valence-corrected chi connectivity index (χ0v) is 12.3. The van der Waals surface area contributed by atoms with Crippen LogP contribution < -0.4 is 10.1 Å². The second-order valence-corrected chi connectivity index (χ2v) is 6.80. The highest BCUT2D eigenvalue weighted by Crippen LogP contribution is 2.24. The van der Waals surface area contributed by atoms with E-state index in [1.54, 1.807) is 32.4 Å². The lowest BCUT2D eigenvalue weighted by Crippen LogP contribution is -2.38. The number of hydrogen-bond acceptors (Lipinski definition) is 4. The standard InChI is InChI=1S/C13H20N2O3S/c1-10-8-12(4-5-13(10)18-3)19(16,17)15(2)11-6-7-14-9-11/h4-5,8,11,14H,6-7,9H2,1-3H3. The molecule has 1 saturated heterocycles. The van der Waals surface area contributed by atoms with Crippen molar-refractivity contribution < 1.29 is 13.2 Å². The fourth-order valence-electron chi connectivity index (χ4n) is 2.32. The highest BCUT2D eigenvalue weighted by molar-refractivity contribution is 7.89. The summed E-state index contributed by atoms with van der Waals surface area (Å²) in [5, 5.41) is 3.18. The summed E-state index contributed by atoms with van der Waals surface area (Å²) >= 11 is 0. The van der Waals surface area contributed by atoms with Crippen molar-refractivity contribution in [2.75, 3.05) is 27.2 Å². The van der Waals surface area contributed by atoms with Crippen LogP contribution in [0.2, 0.25) is 0 Å². The van der Waals surface area contributed by atoms with Crippen molar-refractivity contribution in [3.05, 3.63) is 23.8 Å². The SMILES string of the molecule is COc1ccc(S(=O)(=O)N(C)C2CCNC2)cc1C. The minimum Gasteiger partial charge on any atom is -0.496 e. The number of sulfonamides is 1. The third-order valence-electron chi connectivity index (χ3n) is 3.59. The van der Waals surface area contributed by atoms with Gasteiger partial charge in [-0.15, -0.1) is 0 Å². The quantitative estimate of drug-likeness (QED) is 0.895. The minimum atomic E-state index is -3.43. The lowest BCUT2D eigenvalue weighted by molar-refractivity contribution is 0.387. The molecule has 6 heteroatoms. The minimum absolute atomic E-state index is 0.0346. The molecule has 19 heavy (non-hydrogen) atoms. The second-order valence-electron chi connectivity index (χ2n) is 4.80. The zero-order valence-electron chi connectivity index (χ0n) is 11.5. The van der Waals surface area contributed by atoms with Crippen molar-refractivity contribution in [2.24, 2.45) is 0 Å². The Bertz CT molecular complexity index is 551. The Hall–Kier alpha value is -1.11. The van der Waals surface area contributed by atoms with Crippen molar-refractivity contribution in [3.8, 4) is 5.75 Å². The first-order valence-corrected chi connectivity index (χ1v) is 7.74. The summed E-state index contributed by atoms with van der Waals surface area (Å²) in [7, 11) is -0.210. The number of ether oxygens (including phenoxy) is 1. The maximum absolute atomic E-state index is 12.5. The fraction of sp³-hybridized carbons (Fsp3) is 0.538. The normalized spacial score (nSPS) is 19.9. The number of benzene rings is 1. The Morgan fingerprint density at radius 3 is 2.68 bits per heavy atom. The van der Waals surface area contributed by atoms with E-state index in [9.17, 15) is 8.42 Å². The molecule has 106 valence electrons. The van der Waals surface area contributed by atoms with Crippen molar-refractivity contribution in [1.82, 2.24) is 9.62 Å². The lowest BCUT2D eigenvalue weighted by atomic mass is 10.2. The molecule has 0 aromatic heterocycles. The van der Waals surface area contributed by atoms with Gasteiger partial charge in [0.1, 0.15) is 5.75 Å². The average molecular weight is 284 g/mol. The molecule has 1 aromatic rings. The van der Waals surface area contributed by atoms with Gasteiger partial charge in [-0.1, -0.05) is 0 Å². The molecular weight excluding hydrogens is 264 g/mol. The van der Waals surface area contributed by atoms with Gasteiger partial charge in [-0.25, -0.2) is 8.42 Å². The molecule has 1 N–H and O–H groups in total. The molecule has 1 heterocycles. The van der Waals surface area contributed by atoms with Gasteiger partial charge >= 0.3 is 0 Å². The van der Waals surface area contributed by atoms with E-state index >= 15 is 0 Å². The lowest BCUT2D eigenvalue weighted by Gasteiger charge is -2.23. The molecule has 2 rings (SSSR count). The van der Waals surface area contributed by atoms with Crippen molar-refractivity contribution in [2.45, 2.75) is 24.3 Å². The molecule has 1 aliphatic heterocycles. The maximum Gasteiger partial charge on any atom is 0.243 e. The Balaban J connectivity index is 2.30. The van der Waals surface area contributed by atoms with E-state index in [1.165, 1.54) is 4.31 Å². The van der Waals surface area contributed by atoms with E-state index in [0.717, 1.165) is 18.5 Å². The molecule has 1 aliphatic rings. The van der Waals surface area contributed by atoms with E-state index in [1.807, 2.05) is 6.92 Å². The number of methoxy groups -OCH3 is 1. The van der Waals surface area contributed by atoms with Gasteiger partial charge in [0, 0.05) is 19.6 Å². The molecule has 5 nitrogen and oxygen atoms in total. The smallest absolute Gasteiger partial charge is 0.243 e. The summed E-state index contributed by atoms with van der Waals surface area (Å²) in [4.78, 5) is 0.320. The molecule has 1 atom stereocenters. The van der Waals surface area contributed by atoms with Crippen LogP contribution in [0.3, 0.4) is 0 Å². The predicted octanol–water partition coefficient (Wildman–Crippen LogP) is 0.986. The highest BCUT2D eigenvalue weighted by Gasteiger charge is 2.30. The van der Waals surface area contributed by atoms with Crippen LogP contribution in [0.5, 0.6) is 5.75 Å². The Morgan fingerprint density at radius 1 is 1.42 bits per heavy atom. The first-order chi connectivity index (χ1) is 8.96. The highest BCUT2D eigenvalue weighted by atomic mass is 32.2. The zero-order chi connectivity index (χ0) is 14.0. The summed E-state index contributed by atoms with van der Waals surface area (Å²) in [6.45, 7) is 3.42. The number of hydrogen-bond donors (Lipinski definition) is 1. The first kappa shape index (κ1) is 14.3. The van der Waals surface area contributed by atoms with Gasteiger partial charge in [0.15, 0.2) is 0 Å². The van der Waals surface area contributed by atoms with Crippen LogP contribution in [-0.4, -0.2) is 46.0 Å². The summed E-state index contributed by atoms with van der Waals surface area (Å²) in [5.74, 6) is 0.698. The van der Waals surface area contributed by atoms with Crippen LogP contribution in [-0.2, 0) is 10.0 Å². The number of likely N-dealkylation sites (N-methyl/N-ethyl adjacent to an activating group) is 1. The average Bonchev–Trinajstić information content (AvgIpc) is 2.91. The molecule has 0 bridgehead atoms. The third kappa shape index (κ3) is 2.75. The Labute approximate surface area is 114 Å². The van der Waals surface area contributed by atoms with Crippen LogP contribution in [0.4, 0.5) is 0 Å². The molecule has 0 aliphatic carbocycles. The van der Waals surface area contributed by atoms with Crippen LogP contribution in [0, 0.1) is 6.92 Å². The van der Waals surface area contributed by atoms with E-state index < -0.39 is 10.0 Å². The molecule has 1 fully saturated rings. The number of nitrogens with one attached hydrogen (secondary N) is 1. The summed E-state index contributed by atoms with van der Waals surface area (Å²) in [6, 6.07) is 4.99. The van der Waals surface area contributed by atoms with Crippen LogP contribution in [0.25, 0.3) is 0 Å². The largest absolute Gasteiger partial charge is 0.496 e. The van der Waals surface area contributed by atoms with Gasteiger partial charge in [-0.05, 0) is 43.7 Å². The molecule has 0 spiro atoms. The maximum atomic E-state index is 12.5. The van der Waals surface area contributed by atoms with Crippen molar-refractivity contribution in [3.63, 3.8) is 0 Å². The number of aryl methyl sites for hydroxylation is 1. The van der Waals surface area contributed by atoms with Gasteiger partial charge < -0.3 is 10.1 Å². The molecule has 0 radical (unpaired) electrons. The topological polar surface area (TPSA) is 58.6 Å². The van der Waals surface area contributed by atoms with Crippen molar-refractivity contribution in [1.29, 1.82) is 0 Å². The van der Waals surface area contributed by atoms with E-state index in [0.29, 0.717) is 17.2 Å². The molecule has 0 saturated carbocycles. The van der Waals surface area contributed by atoms with Gasteiger partial charge in [0.25, 0.3) is 0 Å². The Kier molecular flexibility index (Phi) is 4.13. The van der Waals surface area contributed by atoms with E-state index in [2.05, 4.69) is 5.32 Å². The van der Waals surface area contributed by atoms with Crippen LogP contribution in [0.1, 0.15) is 12.0 Å². The van der Waals surface area contributed by atoms with Crippen LogP contribution in [0.15, 0.2) is 23.1 Å². The second kappa shape index (κ2) is 5.48. The number of nitrogens with zero attached hydrogens (tertiary/aromatic N) is 1. The van der Waals surface area contributed by atoms with Gasteiger partial charge in [0.2, 0.25) is 10.0 Å². The monoisotopic (exact) mass is 284 g/mol. The first-order valence-electron chi connectivity index (χ1n) is 6.30. The van der Waals surface area contributed by atoms with Crippen molar-refractivity contribution >= 4 is 10.0 Å². The Morgan fingerprint density at radius 2 is 2.16 bits per heavy atom. The molecule has 1 unspecified atom stereocenters. The summed E-state index contributed by atoms with van der Waals surface area (Å²) in [6.07, 6.45) is 0.852. The fourth-order valence-corrected chi connectivity index (χ4v) is 3.79. The summed E-state index contributed by atoms with van der Waals surface area (Å²) < 4.78 is 31.7. The van der Waals surface area contributed by atoms with E-state index in [4.69, 9.17) is 4.74 Å². The van der Waals surface area contributed by atoms with E-state index in [-0.39, 0.29) is 6.04 Å². The number of rotatable bonds is 4. The van der Waals surface area contributed by atoms with Gasteiger partial charge in [0.05, 0.1) is 12.0 Å². The predicted molar refractivity (Wildman–Crippen MR) is 74.0 cm³/mol. The summed E-state index contributed by atoms with van der Waals surface area (Å²) in [5.41, 5.74) is 0.821. The molecule has 0 amide bonds. The van der Waals surface area contributed by atoms with Crippen LogP contribution >= 0.6 is 0 Å². The third-order valence-corrected chi connectivity index (χ3v) is 5.50. The van der Waals surface area contributed by atoms with Gasteiger partial charge in [-0.3, -0.25) is 0 Å². The molecular formula is C13H20N2O3S. The van der Waals surface area contributed by atoms with Gasteiger partial charge in [-0.2, -0.15) is 4.31 Å². The molecule has 1 aromatic carbocycles.